The van der Waals surface area contributed by atoms with Gasteiger partial charge in [-0.1, -0.05) is 18.2 Å². The van der Waals surface area contributed by atoms with Gasteiger partial charge in [0.05, 0.1) is 6.61 Å². The second-order valence-corrected chi connectivity index (χ2v) is 6.44. The molecule has 1 aromatic rings. The standard InChI is InChI=1S/C18H27NO/c1-3-20-18-7-5-4-6-16(18)13(2)19-12-17(14-8-9-14)15-10-11-15/h4-7,13-15,17,19H,3,8-12H2,1-2H3. The van der Waals surface area contributed by atoms with Crippen molar-refractivity contribution in [3.63, 3.8) is 0 Å². The molecule has 0 bridgehead atoms. The minimum Gasteiger partial charge on any atom is -0.494 e. The zero-order chi connectivity index (χ0) is 13.9. The summed E-state index contributed by atoms with van der Waals surface area (Å²) in [6.07, 6.45) is 5.86. The average molecular weight is 273 g/mol. The van der Waals surface area contributed by atoms with Gasteiger partial charge in [0.1, 0.15) is 5.75 Å². The first-order chi connectivity index (χ1) is 9.79. The molecule has 0 amide bonds. The van der Waals surface area contributed by atoms with Crippen molar-refractivity contribution in [3.8, 4) is 5.75 Å². The molecule has 2 heteroatoms. The number of hydrogen-bond acceptors (Lipinski definition) is 2. The molecule has 1 unspecified atom stereocenters. The highest BCUT2D eigenvalue weighted by Gasteiger charge is 2.41. The second kappa shape index (κ2) is 6.17. The third kappa shape index (κ3) is 3.35. The van der Waals surface area contributed by atoms with Crippen LogP contribution in [-0.4, -0.2) is 13.2 Å². The lowest BCUT2D eigenvalue weighted by atomic mass is 9.97. The Hall–Kier alpha value is -1.02. The van der Waals surface area contributed by atoms with Gasteiger partial charge in [0, 0.05) is 11.6 Å². The first kappa shape index (κ1) is 13.9. The van der Waals surface area contributed by atoms with Crippen molar-refractivity contribution in [1.29, 1.82) is 0 Å². The van der Waals surface area contributed by atoms with Crippen molar-refractivity contribution in [2.45, 2.75) is 45.6 Å². The van der Waals surface area contributed by atoms with E-state index in [0.29, 0.717) is 6.04 Å². The van der Waals surface area contributed by atoms with Gasteiger partial charge in [-0.2, -0.15) is 0 Å². The van der Waals surface area contributed by atoms with Crippen molar-refractivity contribution in [3.05, 3.63) is 29.8 Å². The molecule has 3 rings (SSSR count). The van der Waals surface area contributed by atoms with Crippen LogP contribution >= 0.6 is 0 Å². The van der Waals surface area contributed by atoms with Crippen molar-refractivity contribution >= 4 is 0 Å². The summed E-state index contributed by atoms with van der Waals surface area (Å²) in [6, 6.07) is 8.80. The minimum atomic E-state index is 0.373. The predicted molar refractivity (Wildman–Crippen MR) is 83.0 cm³/mol. The zero-order valence-corrected chi connectivity index (χ0v) is 12.8. The third-order valence-electron chi connectivity index (χ3n) is 4.80. The van der Waals surface area contributed by atoms with Crippen LogP contribution in [0.4, 0.5) is 0 Å². The van der Waals surface area contributed by atoms with Crippen LogP contribution in [0.15, 0.2) is 24.3 Å². The van der Waals surface area contributed by atoms with Gasteiger partial charge in [-0.3, -0.25) is 0 Å². The van der Waals surface area contributed by atoms with Gasteiger partial charge in [0.15, 0.2) is 0 Å². The molecule has 20 heavy (non-hydrogen) atoms. The van der Waals surface area contributed by atoms with E-state index in [9.17, 15) is 0 Å². The highest BCUT2D eigenvalue weighted by Crippen LogP contribution is 2.49. The van der Waals surface area contributed by atoms with E-state index in [1.807, 2.05) is 6.92 Å². The van der Waals surface area contributed by atoms with Gasteiger partial charge < -0.3 is 10.1 Å². The topological polar surface area (TPSA) is 21.3 Å². The molecule has 0 heterocycles. The van der Waals surface area contributed by atoms with Crippen LogP contribution in [-0.2, 0) is 0 Å². The lowest BCUT2D eigenvalue weighted by molar-refractivity contribution is 0.326. The Kier molecular flexibility index (Phi) is 4.30. The van der Waals surface area contributed by atoms with Crippen LogP contribution in [0.1, 0.15) is 51.1 Å². The Balaban J connectivity index is 1.59. The summed E-state index contributed by atoms with van der Waals surface area (Å²) < 4.78 is 5.74. The van der Waals surface area contributed by atoms with Crippen molar-refractivity contribution < 1.29 is 4.74 Å². The van der Waals surface area contributed by atoms with Gasteiger partial charge in [0.2, 0.25) is 0 Å². The molecule has 2 saturated carbocycles. The van der Waals surface area contributed by atoms with Gasteiger partial charge in [-0.05, 0) is 69.9 Å². The maximum absolute atomic E-state index is 5.74. The van der Waals surface area contributed by atoms with Crippen molar-refractivity contribution in [2.75, 3.05) is 13.2 Å². The van der Waals surface area contributed by atoms with Gasteiger partial charge >= 0.3 is 0 Å². The fraction of sp³-hybridized carbons (Fsp3) is 0.667. The van der Waals surface area contributed by atoms with Crippen LogP contribution < -0.4 is 10.1 Å². The van der Waals surface area contributed by atoms with E-state index in [4.69, 9.17) is 4.74 Å². The number of rotatable bonds is 8. The summed E-state index contributed by atoms with van der Waals surface area (Å²) in [5, 5.41) is 3.76. The summed E-state index contributed by atoms with van der Waals surface area (Å²) in [5.41, 5.74) is 1.29. The molecule has 0 aliphatic heterocycles. The highest BCUT2D eigenvalue weighted by molar-refractivity contribution is 5.35. The fourth-order valence-electron chi connectivity index (χ4n) is 3.32. The van der Waals surface area contributed by atoms with Crippen LogP contribution in [0.3, 0.4) is 0 Å². The molecular weight excluding hydrogens is 246 g/mol. The molecule has 1 N–H and O–H groups in total. The van der Waals surface area contributed by atoms with E-state index < -0.39 is 0 Å². The molecule has 2 aliphatic rings. The van der Waals surface area contributed by atoms with Crippen LogP contribution in [0.2, 0.25) is 0 Å². The molecule has 2 fully saturated rings. The smallest absolute Gasteiger partial charge is 0.124 e. The molecule has 0 saturated heterocycles. The number of ether oxygens (including phenoxy) is 1. The van der Waals surface area contributed by atoms with Crippen LogP contribution in [0.25, 0.3) is 0 Å². The van der Waals surface area contributed by atoms with E-state index in [1.165, 1.54) is 37.8 Å². The van der Waals surface area contributed by atoms with E-state index in [2.05, 4.69) is 36.5 Å². The average Bonchev–Trinajstić information content (AvgIpc) is 3.33. The highest BCUT2D eigenvalue weighted by atomic mass is 16.5. The van der Waals surface area contributed by atoms with Crippen LogP contribution in [0, 0.1) is 17.8 Å². The van der Waals surface area contributed by atoms with Gasteiger partial charge in [-0.25, -0.2) is 0 Å². The Labute approximate surface area is 122 Å². The summed E-state index contributed by atoms with van der Waals surface area (Å²) in [6.45, 7) is 6.22. The molecule has 2 aliphatic carbocycles. The Morgan fingerprint density at radius 1 is 1.15 bits per heavy atom. The molecule has 0 aromatic heterocycles. The van der Waals surface area contributed by atoms with E-state index >= 15 is 0 Å². The quantitative estimate of drug-likeness (QED) is 0.767. The largest absolute Gasteiger partial charge is 0.494 e. The number of hydrogen-bond donors (Lipinski definition) is 1. The SMILES string of the molecule is CCOc1ccccc1C(C)NCC(C1CC1)C1CC1. The van der Waals surface area contributed by atoms with Gasteiger partial charge in [-0.15, -0.1) is 0 Å². The second-order valence-electron chi connectivity index (χ2n) is 6.44. The minimum absolute atomic E-state index is 0.373. The first-order valence-corrected chi connectivity index (χ1v) is 8.24. The molecule has 0 spiro atoms. The third-order valence-corrected chi connectivity index (χ3v) is 4.80. The lowest BCUT2D eigenvalue weighted by Crippen LogP contribution is -2.28. The Morgan fingerprint density at radius 3 is 2.40 bits per heavy atom. The van der Waals surface area contributed by atoms with Gasteiger partial charge in [0.25, 0.3) is 0 Å². The van der Waals surface area contributed by atoms with Crippen molar-refractivity contribution in [1.82, 2.24) is 5.32 Å². The number of nitrogens with one attached hydrogen (secondary N) is 1. The summed E-state index contributed by atoms with van der Waals surface area (Å²) in [5.74, 6) is 4.00. The summed E-state index contributed by atoms with van der Waals surface area (Å²) >= 11 is 0. The zero-order valence-electron chi connectivity index (χ0n) is 12.8. The van der Waals surface area contributed by atoms with E-state index in [0.717, 1.165) is 30.1 Å². The lowest BCUT2D eigenvalue weighted by Gasteiger charge is -2.22. The molecule has 1 aromatic carbocycles. The maximum atomic E-state index is 5.74. The molecule has 1 atom stereocenters. The van der Waals surface area contributed by atoms with Crippen LogP contribution in [0.5, 0.6) is 5.75 Å². The van der Waals surface area contributed by atoms with E-state index in [-0.39, 0.29) is 0 Å². The monoisotopic (exact) mass is 273 g/mol. The molecule has 2 nitrogen and oxygen atoms in total. The number of benzene rings is 1. The molecule has 110 valence electrons. The summed E-state index contributed by atoms with van der Waals surface area (Å²) in [4.78, 5) is 0. The summed E-state index contributed by atoms with van der Waals surface area (Å²) in [7, 11) is 0. The van der Waals surface area contributed by atoms with Crippen molar-refractivity contribution in [2.24, 2.45) is 17.8 Å². The first-order valence-electron chi connectivity index (χ1n) is 8.24. The Bertz CT molecular complexity index is 425. The normalized spacial score (nSPS) is 20.1. The maximum Gasteiger partial charge on any atom is 0.124 e. The number of para-hydroxylation sites is 1. The molecule has 0 radical (unpaired) electrons. The fourth-order valence-corrected chi connectivity index (χ4v) is 3.32. The molecular formula is C18H27NO. The Morgan fingerprint density at radius 2 is 1.80 bits per heavy atom. The predicted octanol–water partition coefficient (Wildman–Crippen LogP) is 4.17. The van der Waals surface area contributed by atoms with E-state index in [1.54, 1.807) is 0 Å².